The first-order valence-electron chi connectivity index (χ1n) is 12.0. The topological polar surface area (TPSA) is 26.3 Å². The number of benzene rings is 2. The minimum Gasteiger partial charge on any atom is -0.423 e. The Bertz CT molecular complexity index is 881. The Labute approximate surface area is 190 Å². The van der Waals surface area contributed by atoms with Gasteiger partial charge in [-0.1, -0.05) is 56.9 Å². The monoisotopic (exact) mass is 440 g/mol. The van der Waals surface area contributed by atoms with Crippen LogP contribution in [0, 0.1) is 23.5 Å². The normalized spacial score (nSPS) is 18.7. The van der Waals surface area contributed by atoms with Gasteiger partial charge in [-0.05, 0) is 80.2 Å². The molecule has 0 N–H and O–H groups in total. The van der Waals surface area contributed by atoms with E-state index >= 15 is 0 Å². The number of rotatable bonds is 10. The van der Waals surface area contributed by atoms with E-state index in [1.165, 1.54) is 57.4 Å². The van der Waals surface area contributed by atoms with Crippen LogP contribution in [0.1, 0.15) is 80.6 Å². The second kappa shape index (κ2) is 12.5. The van der Waals surface area contributed by atoms with Gasteiger partial charge in [0.2, 0.25) is 0 Å². The molecule has 0 bridgehead atoms. The van der Waals surface area contributed by atoms with Crippen molar-refractivity contribution in [2.75, 3.05) is 0 Å². The number of allylic oxidation sites excluding steroid dienone is 2. The third-order valence-electron chi connectivity index (χ3n) is 6.41. The van der Waals surface area contributed by atoms with E-state index in [2.05, 4.69) is 19.1 Å². The zero-order valence-corrected chi connectivity index (χ0v) is 19.0. The van der Waals surface area contributed by atoms with E-state index in [-0.39, 0.29) is 5.75 Å². The number of hydrogen-bond donors (Lipinski definition) is 0. The summed E-state index contributed by atoms with van der Waals surface area (Å²) < 4.78 is 31.4. The summed E-state index contributed by atoms with van der Waals surface area (Å²) in [5.74, 6) is -0.952. The van der Waals surface area contributed by atoms with Gasteiger partial charge in [0.15, 0.2) is 11.6 Å². The van der Waals surface area contributed by atoms with Crippen molar-refractivity contribution >= 4 is 5.97 Å². The number of aryl methyl sites for hydroxylation is 1. The fourth-order valence-corrected chi connectivity index (χ4v) is 4.40. The van der Waals surface area contributed by atoms with Crippen LogP contribution >= 0.6 is 0 Å². The Morgan fingerprint density at radius 1 is 1.00 bits per heavy atom. The quantitative estimate of drug-likeness (QED) is 0.162. The van der Waals surface area contributed by atoms with Crippen molar-refractivity contribution in [1.29, 1.82) is 0 Å². The van der Waals surface area contributed by atoms with Crippen LogP contribution in [0.25, 0.3) is 0 Å². The second-order valence-corrected chi connectivity index (χ2v) is 8.91. The van der Waals surface area contributed by atoms with Crippen molar-refractivity contribution in [3.8, 4) is 5.75 Å². The van der Waals surface area contributed by atoms with Gasteiger partial charge < -0.3 is 4.74 Å². The predicted molar refractivity (Wildman–Crippen MR) is 125 cm³/mol. The number of ether oxygens (including phenoxy) is 1. The first-order valence-corrected chi connectivity index (χ1v) is 12.0. The minimum absolute atomic E-state index is 0.0156. The van der Waals surface area contributed by atoms with Crippen molar-refractivity contribution in [3.05, 3.63) is 77.4 Å². The van der Waals surface area contributed by atoms with Crippen LogP contribution in [0.3, 0.4) is 0 Å². The van der Waals surface area contributed by atoms with E-state index in [0.717, 1.165) is 42.4 Å². The zero-order chi connectivity index (χ0) is 22.8. The third-order valence-corrected chi connectivity index (χ3v) is 6.41. The van der Waals surface area contributed by atoms with Crippen molar-refractivity contribution in [2.24, 2.45) is 11.8 Å². The molecule has 0 aromatic heterocycles. The smallest absolute Gasteiger partial charge is 0.343 e. The van der Waals surface area contributed by atoms with E-state index in [4.69, 9.17) is 4.74 Å². The van der Waals surface area contributed by atoms with Gasteiger partial charge in [-0.25, -0.2) is 13.6 Å². The molecule has 32 heavy (non-hydrogen) atoms. The van der Waals surface area contributed by atoms with Crippen molar-refractivity contribution in [3.63, 3.8) is 0 Å². The maximum atomic E-state index is 13.3. The van der Waals surface area contributed by atoms with Crippen molar-refractivity contribution in [1.82, 2.24) is 0 Å². The minimum atomic E-state index is -1.04. The molecule has 0 saturated heterocycles. The Kier molecular flexibility index (Phi) is 9.45. The van der Waals surface area contributed by atoms with Gasteiger partial charge in [-0.3, -0.25) is 0 Å². The highest BCUT2D eigenvalue weighted by Gasteiger charge is 2.18. The van der Waals surface area contributed by atoms with Crippen LogP contribution < -0.4 is 4.74 Å². The van der Waals surface area contributed by atoms with E-state index in [9.17, 15) is 13.6 Å². The zero-order valence-electron chi connectivity index (χ0n) is 19.0. The number of hydrogen-bond acceptors (Lipinski definition) is 2. The van der Waals surface area contributed by atoms with E-state index in [0.29, 0.717) is 5.56 Å². The molecule has 0 heterocycles. The molecule has 1 aliphatic rings. The molecule has 0 unspecified atom stereocenters. The summed E-state index contributed by atoms with van der Waals surface area (Å²) in [5, 5.41) is 0. The van der Waals surface area contributed by atoms with Gasteiger partial charge >= 0.3 is 5.97 Å². The average molecular weight is 441 g/mol. The molecule has 0 atom stereocenters. The molecule has 1 aliphatic carbocycles. The Morgan fingerprint density at radius 2 is 1.75 bits per heavy atom. The number of halogens is 2. The number of esters is 1. The van der Waals surface area contributed by atoms with E-state index < -0.39 is 17.6 Å². The maximum Gasteiger partial charge on any atom is 0.343 e. The first-order chi connectivity index (χ1) is 15.5. The molecule has 0 spiro atoms. The molecule has 0 radical (unpaired) electrons. The largest absolute Gasteiger partial charge is 0.423 e. The lowest BCUT2D eigenvalue weighted by atomic mass is 9.79. The predicted octanol–water partition coefficient (Wildman–Crippen LogP) is 8.06. The molecule has 1 fully saturated rings. The SMILES string of the molecule is CCCCC[C@H]1CC[C@H](/C=C/CCc2ccc(C(=O)Oc3ccc(F)c(F)c3)cc2)CC1. The molecule has 0 amide bonds. The Balaban J connectivity index is 1.38. The van der Waals surface area contributed by atoms with Crippen LogP contribution in [0.15, 0.2) is 54.6 Å². The van der Waals surface area contributed by atoms with Crippen molar-refractivity contribution in [2.45, 2.75) is 71.1 Å². The molecule has 172 valence electrons. The highest BCUT2D eigenvalue weighted by Crippen LogP contribution is 2.32. The summed E-state index contributed by atoms with van der Waals surface area (Å²) in [7, 11) is 0. The number of carbonyl (C=O) groups is 1. The maximum absolute atomic E-state index is 13.3. The standard InChI is InChI=1S/C28H34F2O2/c1-2-3-4-7-21-10-12-22(13-11-21)8-5-6-9-23-14-16-24(17-15-23)28(31)32-25-18-19-26(29)27(30)20-25/h5,8,14-22H,2-4,6-7,9-13H2,1H3/b8-5+/t21-,22-. The van der Waals surface area contributed by atoms with Gasteiger partial charge in [0.25, 0.3) is 0 Å². The Morgan fingerprint density at radius 3 is 2.44 bits per heavy atom. The molecule has 4 heteroatoms. The average Bonchev–Trinajstić information content (AvgIpc) is 2.81. The summed E-state index contributed by atoms with van der Waals surface area (Å²) >= 11 is 0. The molecule has 3 rings (SSSR count). The highest BCUT2D eigenvalue weighted by molar-refractivity contribution is 5.91. The summed E-state index contributed by atoms with van der Waals surface area (Å²) in [4.78, 5) is 12.2. The van der Waals surface area contributed by atoms with Crippen LogP contribution in [0.4, 0.5) is 8.78 Å². The lowest BCUT2D eigenvalue weighted by Crippen LogP contribution is -2.13. The lowest BCUT2D eigenvalue weighted by molar-refractivity contribution is 0.0734. The Hall–Kier alpha value is -2.49. The van der Waals surface area contributed by atoms with Crippen LogP contribution in [0.2, 0.25) is 0 Å². The molecule has 0 aliphatic heterocycles. The molecule has 2 aromatic rings. The van der Waals surface area contributed by atoms with Crippen LogP contribution in [0.5, 0.6) is 5.75 Å². The second-order valence-electron chi connectivity index (χ2n) is 8.91. The first kappa shape index (κ1) is 24.2. The van der Waals surface area contributed by atoms with E-state index in [1.54, 1.807) is 12.1 Å². The number of carbonyl (C=O) groups excluding carboxylic acids is 1. The van der Waals surface area contributed by atoms with Crippen LogP contribution in [-0.2, 0) is 6.42 Å². The van der Waals surface area contributed by atoms with E-state index in [1.807, 2.05) is 12.1 Å². The van der Waals surface area contributed by atoms with Crippen LogP contribution in [-0.4, -0.2) is 5.97 Å². The fourth-order valence-electron chi connectivity index (χ4n) is 4.40. The summed E-state index contributed by atoms with van der Waals surface area (Å²) in [5.41, 5.74) is 1.53. The van der Waals surface area contributed by atoms with Gasteiger partial charge in [-0.15, -0.1) is 0 Å². The molecular formula is C28H34F2O2. The van der Waals surface area contributed by atoms with Gasteiger partial charge in [-0.2, -0.15) is 0 Å². The van der Waals surface area contributed by atoms with Crippen molar-refractivity contribution < 1.29 is 18.3 Å². The van der Waals surface area contributed by atoms with Gasteiger partial charge in [0.1, 0.15) is 5.75 Å². The van der Waals surface area contributed by atoms with Gasteiger partial charge in [0, 0.05) is 6.07 Å². The van der Waals surface area contributed by atoms with Gasteiger partial charge in [0.05, 0.1) is 5.56 Å². The molecule has 2 nitrogen and oxygen atoms in total. The molecule has 2 aromatic carbocycles. The molecular weight excluding hydrogens is 406 g/mol. The highest BCUT2D eigenvalue weighted by atomic mass is 19.2. The number of unbranched alkanes of at least 4 members (excludes halogenated alkanes) is 2. The fraction of sp³-hybridized carbons (Fsp3) is 0.464. The molecule has 1 saturated carbocycles. The summed E-state index contributed by atoms with van der Waals surface area (Å²) in [6.07, 6.45) is 17.5. The third kappa shape index (κ3) is 7.58. The summed E-state index contributed by atoms with van der Waals surface area (Å²) in [6, 6.07) is 10.3. The lowest BCUT2D eigenvalue weighted by Gasteiger charge is -2.26. The summed E-state index contributed by atoms with van der Waals surface area (Å²) in [6.45, 7) is 2.27.